The summed E-state index contributed by atoms with van der Waals surface area (Å²) in [6, 6.07) is 20.1. The van der Waals surface area contributed by atoms with Crippen molar-refractivity contribution in [2.75, 3.05) is 17.2 Å². The lowest BCUT2D eigenvalue weighted by Crippen LogP contribution is -2.36. The van der Waals surface area contributed by atoms with Crippen LogP contribution in [0.5, 0.6) is 0 Å². The highest BCUT2D eigenvalue weighted by Gasteiger charge is 2.23. The molecule has 4 aromatic rings. The molecule has 0 saturated carbocycles. The summed E-state index contributed by atoms with van der Waals surface area (Å²) >= 11 is 2.96. The molecule has 7 nitrogen and oxygen atoms in total. The summed E-state index contributed by atoms with van der Waals surface area (Å²) in [6.07, 6.45) is 2.00. The predicted octanol–water partition coefficient (Wildman–Crippen LogP) is 5.04. The number of aromatic nitrogens is 5. The first-order valence-electron chi connectivity index (χ1n) is 11.5. The quantitative estimate of drug-likeness (QED) is 0.259. The average molecular weight is 503 g/mol. The predicted molar refractivity (Wildman–Crippen MR) is 140 cm³/mol. The van der Waals surface area contributed by atoms with E-state index in [9.17, 15) is 4.79 Å². The molecule has 0 fully saturated rings. The number of hydrogen-bond acceptors (Lipinski definition) is 7. The van der Waals surface area contributed by atoms with E-state index in [4.69, 9.17) is 0 Å². The lowest BCUT2D eigenvalue weighted by Gasteiger charge is -2.29. The molecule has 0 N–H and O–H groups in total. The fourth-order valence-corrected chi connectivity index (χ4v) is 5.92. The second kappa shape index (κ2) is 10.6. The van der Waals surface area contributed by atoms with Crippen molar-refractivity contribution in [3.63, 3.8) is 0 Å². The van der Waals surface area contributed by atoms with Crippen molar-refractivity contribution >= 4 is 35.1 Å². The number of hydrogen-bond donors (Lipinski definition) is 0. The molecule has 0 saturated heterocycles. The minimum absolute atomic E-state index is 0.0873. The highest BCUT2D eigenvalue weighted by atomic mass is 32.2. The molecule has 0 radical (unpaired) electrons. The van der Waals surface area contributed by atoms with E-state index in [1.54, 1.807) is 0 Å². The number of anilines is 1. The van der Waals surface area contributed by atoms with Gasteiger partial charge in [0.05, 0.1) is 11.5 Å². The summed E-state index contributed by atoms with van der Waals surface area (Å²) in [5, 5.41) is 10.3. The van der Waals surface area contributed by atoms with Gasteiger partial charge in [0.1, 0.15) is 5.82 Å². The van der Waals surface area contributed by atoms with Gasteiger partial charge in [0, 0.05) is 29.3 Å². The van der Waals surface area contributed by atoms with E-state index in [0.29, 0.717) is 16.7 Å². The third kappa shape index (κ3) is 5.41. The Labute approximate surface area is 213 Å². The van der Waals surface area contributed by atoms with Gasteiger partial charge in [-0.15, -0.1) is 10.2 Å². The molecular formula is C26H26N6OS2. The summed E-state index contributed by atoms with van der Waals surface area (Å²) in [5.74, 6) is 1.75. The topological polar surface area (TPSA) is 76.8 Å². The molecule has 0 aliphatic carbocycles. The number of nitrogens with zero attached hydrogens (tertiary/aromatic N) is 6. The van der Waals surface area contributed by atoms with Crippen molar-refractivity contribution in [3.05, 3.63) is 83.4 Å². The van der Waals surface area contributed by atoms with Crippen molar-refractivity contribution in [2.24, 2.45) is 0 Å². The zero-order valence-electron chi connectivity index (χ0n) is 19.7. The van der Waals surface area contributed by atoms with E-state index in [1.165, 1.54) is 29.1 Å². The van der Waals surface area contributed by atoms with Crippen LogP contribution >= 0.6 is 23.5 Å². The van der Waals surface area contributed by atoms with Crippen molar-refractivity contribution in [1.82, 2.24) is 24.7 Å². The highest BCUT2D eigenvalue weighted by molar-refractivity contribution is 7.99. The second-order valence-corrected chi connectivity index (χ2v) is 10.2. The summed E-state index contributed by atoms with van der Waals surface area (Å²) in [6.45, 7) is 4.69. The summed E-state index contributed by atoms with van der Waals surface area (Å²) in [7, 11) is 0. The molecule has 2 aromatic heterocycles. The molecule has 0 spiro atoms. The van der Waals surface area contributed by atoms with Crippen molar-refractivity contribution in [2.45, 2.75) is 42.8 Å². The van der Waals surface area contributed by atoms with E-state index in [-0.39, 0.29) is 5.91 Å². The van der Waals surface area contributed by atoms with Gasteiger partial charge in [0.2, 0.25) is 5.91 Å². The number of fused-ring (bicyclic) bond motifs is 1. The Balaban J connectivity index is 1.35. The number of benzene rings is 2. The Morgan fingerprint density at radius 3 is 2.49 bits per heavy atom. The minimum Gasteiger partial charge on any atom is -0.311 e. The van der Waals surface area contributed by atoms with Crippen molar-refractivity contribution in [3.8, 4) is 5.69 Å². The van der Waals surface area contributed by atoms with Gasteiger partial charge in [-0.1, -0.05) is 59.9 Å². The molecule has 1 aliphatic rings. The van der Waals surface area contributed by atoms with Crippen LogP contribution < -0.4 is 4.90 Å². The number of thioether (sulfide) groups is 2. The molecule has 2 aromatic carbocycles. The van der Waals surface area contributed by atoms with Crippen LogP contribution in [0.2, 0.25) is 0 Å². The Bertz CT molecular complexity index is 1320. The summed E-state index contributed by atoms with van der Waals surface area (Å²) in [5.41, 5.74) is 5.11. The summed E-state index contributed by atoms with van der Waals surface area (Å²) < 4.78 is 2.03. The highest BCUT2D eigenvalue weighted by Crippen LogP contribution is 2.30. The van der Waals surface area contributed by atoms with Crippen LogP contribution in [0.1, 0.15) is 29.2 Å². The number of carbonyl (C=O) groups is 1. The van der Waals surface area contributed by atoms with Gasteiger partial charge < -0.3 is 4.90 Å². The van der Waals surface area contributed by atoms with Crippen LogP contribution in [0.3, 0.4) is 0 Å². The Hall–Kier alpha value is -3.17. The fourth-order valence-electron chi connectivity index (χ4n) is 4.21. The normalized spacial score (nSPS) is 13.0. The number of rotatable bonds is 7. The van der Waals surface area contributed by atoms with Gasteiger partial charge in [-0.2, -0.15) is 0 Å². The van der Waals surface area contributed by atoms with E-state index in [1.807, 2.05) is 77.9 Å². The van der Waals surface area contributed by atoms with Crippen molar-refractivity contribution in [1.29, 1.82) is 0 Å². The van der Waals surface area contributed by atoms with Crippen LogP contribution in [-0.2, 0) is 17.0 Å². The smallest absolute Gasteiger partial charge is 0.237 e. The molecule has 3 heterocycles. The maximum absolute atomic E-state index is 13.2. The summed E-state index contributed by atoms with van der Waals surface area (Å²) in [4.78, 5) is 24.2. The Kier molecular flexibility index (Phi) is 7.15. The van der Waals surface area contributed by atoms with Crippen LogP contribution in [0.25, 0.3) is 5.69 Å². The fraction of sp³-hybridized carbons (Fsp3) is 0.269. The zero-order chi connectivity index (χ0) is 24.2. The first kappa shape index (κ1) is 23.6. The standard InChI is InChI=1S/C26H26N6OS2/c1-18-15-19(2)28-25(27-18)34-16-23-29-30-26(32(23)21-11-4-3-5-12-21)35-17-24(33)31-14-8-10-20-9-6-7-13-22(20)31/h3-7,9,11-13,15H,8,10,14,16-17H2,1-2H3. The van der Waals surface area contributed by atoms with Gasteiger partial charge in [0.15, 0.2) is 10.3 Å². The van der Waals surface area contributed by atoms with Crippen LogP contribution in [0, 0.1) is 13.8 Å². The van der Waals surface area contributed by atoms with Gasteiger partial charge >= 0.3 is 0 Å². The Morgan fingerprint density at radius 1 is 0.943 bits per heavy atom. The third-order valence-electron chi connectivity index (χ3n) is 5.74. The number of aryl methyl sites for hydroxylation is 3. The van der Waals surface area contributed by atoms with Gasteiger partial charge in [-0.3, -0.25) is 9.36 Å². The third-order valence-corrected chi connectivity index (χ3v) is 7.50. The van der Waals surface area contributed by atoms with E-state index < -0.39 is 0 Å². The zero-order valence-corrected chi connectivity index (χ0v) is 21.4. The van der Waals surface area contributed by atoms with Crippen LogP contribution in [-0.4, -0.2) is 42.9 Å². The molecular weight excluding hydrogens is 476 g/mol. The molecule has 178 valence electrons. The maximum atomic E-state index is 13.2. The number of carbonyl (C=O) groups excluding carboxylic acids is 1. The number of amides is 1. The maximum Gasteiger partial charge on any atom is 0.237 e. The van der Waals surface area contributed by atoms with E-state index >= 15 is 0 Å². The lowest BCUT2D eigenvalue weighted by molar-refractivity contribution is -0.116. The first-order valence-corrected chi connectivity index (χ1v) is 13.5. The van der Waals surface area contributed by atoms with Gasteiger partial charge in [-0.25, -0.2) is 9.97 Å². The molecule has 0 bridgehead atoms. The molecule has 35 heavy (non-hydrogen) atoms. The average Bonchev–Trinajstić information content (AvgIpc) is 3.28. The molecule has 1 aliphatic heterocycles. The monoisotopic (exact) mass is 502 g/mol. The largest absolute Gasteiger partial charge is 0.311 e. The SMILES string of the molecule is Cc1cc(C)nc(SCc2nnc(SCC(=O)N3CCCc4ccccc43)n2-c2ccccc2)n1. The van der Waals surface area contributed by atoms with Crippen LogP contribution in [0.4, 0.5) is 5.69 Å². The van der Waals surface area contributed by atoms with Gasteiger partial charge in [0.25, 0.3) is 0 Å². The molecule has 0 unspecified atom stereocenters. The molecule has 9 heteroatoms. The molecule has 0 atom stereocenters. The van der Waals surface area contributed by atoms with Gasteiger partial charge in [-0.05, 0) is 56.5 Å². The first-order chi connectivity index (χ1) is 17.1. The second-order valence-electron chi connectivity index (χ2n) is 8.36. The van der Waals surface area contributed by atoms with E-state index in [0.717, 1.165) is 53.1 Å². The Morgan fingerprint density at radius 2 is 1.69 bits per heavy atom. The van der Waals surface area contributed by atoms with Crippen molar-refractivity contribution < 1.29 is 4.79 Å². The molecule has 1 amide bonds. The molecule has 5 rings (SSSR count). The van der Waals surface area contributed by atoms with E-state index in [2.05, 4.69) is 26.2 Å². The lowest BCUT2D eigenvalue weighted by atomic mass is 10.0. The number of para-hydroxylation sites is 2. The van der Waals surface area contributed by atoms with Crippen LogP contribution in [0.15, 0.2) is 71.0 Å². The minimum atomic E-state index is 0.0873.